The quantitative estimate of drug-likeness (QED) is 0.843. The molecule has 0 radical (unpaired) electrons. The zero-order valence-corrected chi connectivity index (χ0v) is 9.87. The standard InChI is InChI=1S/C11H15ClOS/c1-11(13,8-3-2-4-8)7-10-9(12)5-6-14-10/h5-6,8,13H,2-4,7H2,1H3. The monoisotopic (exact) mass is 230 g/mol. The van der Waals surface area contributed by atoms with Crippen molar-refractivity contribution in [1.29, 1.82) is 0 Å². The minimum absolute atomic E-state index is 0.473. The third kappa shape index (κ3) is 1.97. The van der Waals surface area contributed by atoms with Crippen LogP contribution >= 0.6 is 22.9 Å². The smallest absolute Gasteiger partial charge is 0.0696 e. The van der Waals surface area contributed by atoms with Crippen LogP contribution in [0, 0.1) is 5.92 Å². The number of rotatable bonds is 3. The Morgan fingerprint density at radius 2 is 2.36 bits per heavy atom. The van der Waals surface area contributed by atoms with Crippen molar-refractivity contribution in [1.82, 2.24) is 0 Å². The molecule has 1 nitrogen and oxygen atoms in total. The van der Waals surface area contributed by atoms with Crippen molar-refractivity contribution in [3.05, 3.63) is 21.3 Å². The Morgan fingerprint density at radius 1 is 1.64 bits per heavy atom. The highest BCUT2D eigenvalue weighted by Crippen LogP contribution is 2.39. The number of hydrogen-bond acceptors (Lipinski definition) is 2. The lowest BCUT2D eigenvalue weighted by atomic mass is 9.72. The van der Waals surface area contributed by atoms with Crippen molar-refractivity contribution in [2.24, 2.45) is 5.92 Å². The first-order valence-electron chi connectivity index (χ1n) is 5.04. The largest absolute Gasteiger partial charge is 0.390 e. The van der Waals surface area contributed by atoms with Gasteiger partial charge in [0.15, 0.2) is 0 Å². The third-order valence-electron chi connectivity index (χ3n) is 3.19. The topological polar surface area (TPSA) is 20.2 Å². The van der Waals surface area contributed by atoms with E-state index in [1.165, 1.54) is 6.42 Å². The molecule has 2 rings (SSSR count). The molecule has 1 saturated carbocycles. The molecule has 0 saturated heterocycles. The minimum Gasteiger partial charge on any atom is -0.390 e. The van der Waals surface area contributed by atoms with Gasteiger partial charge >= 0.3 is 0 Å². The van der Waals surface area contributed by atoms with E-state index in [-0.39, 0.29) is 0 Å². The van der Waals surface area contributed by atoms with Crippen LogP contribution in [0.3, 0.4) is 0 Å². The molecule has 1 atom stereocenters. The van der Waals surface area contributed by atoms with Crippen LogP contribution in [-0.4, -0.2) is 10.7 Å². The number of thiophene rings is 1. The predicted molar refractivity (Wildman–Crippen MR) is 61.0 cm³/mol. The van der Waals surface area contributed by atoms with Crippen molar-refractivity contribution in [2.45, 2.75) is 38.2 Å². The molecule has 0 spiro atoms. The summed E-state index contributed by atoms with van der Waals surface area (Å²) in [4.78, 5) is 1.11. The molecule has 1 aliphatic carbocycles. The van der Waals surface area contributed by atoms with Crippen molar-refractivity contribution < 1.29 is 5.11 Å². The fraction of sp³-hybridized carbons (Fsp3) is 0.636. The average molecular weight is 231 g/mol. The lowest BCUT2D eigenvalue weighted by Gasteiger charge is -2.38. The normalized spacial score (nSPS) is 21.6. The van der Waals surface area contributed by atoms with Crippen molar-refractivity contribution in [3.8, 4) is 0 Å². The Morgan fingerprint density at radius 3 is 2.79 bits per heavy atom. The summed E-state index contributed by atoms with van der Waals surface area (Å²) in [7, 11) is 0. The highest BCUT2D eigenvalue weighted by Gasteiger charge is 2.36. The molecule has 0 aromatic carbocycles. The highest BCUT2D eigenvalue weighted by molar-refractivity contribution is 7.10. The molecule has 1 unspecified atom stereocenters. The van der Waals surface area contributed by atoms with Gasteiger partial charge in [0, 0.05) is 11.3 Å². The van der Waals surface area contributed by atoms with Gasteiger partial charge in [0.05, 0.1) is 10.6 Å². The van der Waals surface area contributed by atoms with Gasteiger partial charge in [-0.15, -0.1) is 11.3 Å². The van der Waals surface area contributed by atoms with E-state index < -0.39 is 5.60 Å². The van der Waals surface area contributed by atoms with Gasteiger partial charge in [0.1, 0.15) is 0 Å². The summed E-state index contributed by atoms with van der Waals surface area (Å²) in [5, 5.41) is 13.1. The Bertz CT molecular complexity index is 315. The van der Waals surface area contributed by atoms with Crippen LogP contribution in [-0.2, 0) is 6.42 Å². The molecule has 1 heterocycles. The van der Waals surface area contributed by atoms with Crippen LogP contribution in [0.1, 0.15) is 31.1 Å². The zero-order valence-electron chi connectivity index (χ0n) is 8.29. The van der Waals surface area contributed by atoms with E-state index in [2.05, 4.69) is 0 Å². The van der Waals surface area contributed by atoms with E-state index in [1.54, 1.807) is 11.3 Å². The van der Waals surface area contributed by atoms with Gasteiger partial charge < -0.3 is 5.11 Å². The van der Waals surface area contributed by atoms with Crippen molar-refractivity contribution in [2.75, 3.05) is 0 Å². The maximum Gasteiger partial charge on any atom is 0.0696 e. The van der Waals surface area contributed by atoms with Crippen LogP contribution < -0.4 is 0 Å². The van der Waals surface area contributed by atoms with Crippen molar-refractivity contribution in [3.63, 3.8) is 0 Å². The molecule has 0 aliphatic heterocycles. The zero-order chi connectivity index (χ0) is 10.2. The fourth-order valence-electron chi connectivity index (χ4n) is 1.95. The van der Waals surface area contributed by atoms with Crippen LogP contribution in [0.4, 0.5) is 0 Å². The van der Waals surface area contributed by atoms with E-state index in [9.17, 15) is 5.11 Å². The van der Waals surface area contributed by atoms with E-state index in [1.807, 2.05) is 18.4 Å². The van der Waals surface area contributed by atoms with Gasteiger partial charge in [-0.1, -0.05) is 18.0 Å². The predicted octanol–water partition coefficient (Wildman–Crippen LogP) is 3.50. The Hall–Kier alpha value is -0.0500. The Balaban J connectivity index is 2.05. The number of aliphatic hydroxyl groups is 1. The van der Waals surface area contributed by atoms with Crippen LogP contribution in [0.15, 0.2) is 11.4 Å². The summed E-state index contributed by atoms with van der Waals surface area (Å²) in [6.45, 7) is 1.94. The molecule has 3 heteroatoms. The lowest BCUT2D eigenvalue weighted by molar-refractivity contribution is -0.0333. The van der Waals surface area contributed by atoms with Crippen LogP contribution in [0.2, 0.25) is 5.02 Å². The molecular weight excluding hydrogens is 216 g/mol. The summed E-state index contributed by atoms with van der Waals surface area (Å²) in [5.41, 5.74) is -0.563. The molecular formula is C11H15ClOS. The van der Waals surface area contributed by atoms with Crippen LogP contribution in [0.5, 0.6) is 0 Å². The average Bonchev–Trinajstić information content (AvgIpc) is 2.30. The lowest BCUT2D eigenvalue weighted by Crippen LogP contribution is -2.40. The second-order valence-electron chi connectivity index (χ2n) is 4.35. The van der Waals surface area contributed by atoms with Gasteiger partial charge in [0.2, 0.25) is 0 Å². The first-order chi connectivity index (χ1) is 6.59. The number of halogens is 1. The van der Waals surface area contributed by atoms with Gasteiger partial charge in [-0.25, -0.2) is 0 Å². The summed E-state index contributed by atoms with van der Waals surface area (Å²) in [6.07, 6.45) is 4.29. The molecule has 1 N–H and O–H groups in total. The third-order valence-corrected chi connectivity index (χ3v) is 4.58. The summed E-state index contributed by atoms with van der Waals surface area (Å²) >= 11 is 7.65. The molecule has 0 bridgehead atoms. The molecule has 1 aromatic rings. The van der Waals surface area contributed by atoms with E-state index in [0.717, 1.165) is 22.7 Å². The highest BCUT2D eigenvalue weighted by atomic mass is 35.5. The molecule has 0 amide bonds. The molecule has 1 aliphatic rings. The first-order valence-corrected chi connectivity index (χ1v) is 6.29. The fourth-order valence-corrected chi connectivity index (χ4v) is 3.21. The van der Waals surface area contributed by atoms with E-state index >= 15 is 0 Å². The van der Waals surface area contributed by atoms with Crippen LogP contribution in [0.25, 0.3) is 0 Å². The Labute approximate surface area is 93.7 Å². The first kappa shape index (κ1) is 10.5. The van der Waals surface area contributed by atoms with Gasteiger partial charge in [-0.3, -0.25) is 0 Å². The second-order valence-corrected chi connectivity index (χ2v) is 5.76. The maximum atomic E-state index is 10.3. The van der Waals surface area contributed by atoms with Gasteiger partial charge in [-0.2, -0.15) is 0 Å². The summed E-state index contributed by atoms with van der Waals surface area (Å²) < 4.78 is 0. The SMILES string of the molecule is CC(O)(Cc1sccc1Cl)C1CCC1. The van der Waals surface area contributed by atoms with Gasteiger partial charge in [0.25, 0.3) is 0 Å². The van der Waals surface area contributed by atoms with Crippen molar-refractivity contribution >= 4 is 22.9 Å². The minimum atomic E-state index is -0.563. The van der Waals surface area contributed by atoms with Gasteiger partial charge in [-0.05, 0) is 37.1 Å². The molecule has 14 heavy (non-hydrogen) atoms. The van der Waals surface area contributed by atoms with E-state index in [4.69, 9.17) is 11.6 Å². The summed E-state index contributed by atoms with van der Waals surface area (Å²) in [5.74, 6) is 0.473. The molecule has 1 aromatic heterocycles. The number of hydrogen-bond donors (Lipinski definition) is 1. The van der Waals surface area contributed by atoms with E-state index in [0.29, 0.717) is 12.3 Å². The molecule has 1 fully saturated rings. The Kier molecular flexibility index (Phi) is 2.87. The molecule has 78 valence electrons. The maximum absolute atomic E-state index is 10.3. The second kappa shape index (κ2) is 3.84. The summed E-state index contributed by atoms with van der Waals surface area (Å²) in [6, 6.07) is 1.90.